The number of cyclic esters (lactones) is 1. The van der Waals surface area contributed by atoms with Gasteiger partial charge in [-0.2, -0.15) is 13.7 Å². The van der Waals surface area contributed by atoms with Gasteiger partial charge in [-0.15, -0.1) is 0 Å². The molecule has 2 saturated heterocycles. The number of carbonyl (C=O) groups is 1. The highest BCUT2D eigenvalue weighted by molar-refractivity contribution is 7.85. The second-order valence-electron chi connectivity index (χ2n) is 6.75. The van der Waals surface area contributed by atoms with Crippen molar-refractivity contribution >= 4 is 27.6 Å². The normalized spacial score (nSPS) is 20.1. The van der Waals surface area contributed by atoms with Crippen LogP contribution in [0.4, 0.5) is 20.6 Å². The van der Waals surface area contributed by atoms with Gasteiger partial charge in [0.25, 0.3) is 10.1 Å². The molecule has 1 aromatic rings. The smallest absolute Gasteiger partial charge is 0.414 e. The van der Waals surface area contributed by atoms with Crippen molar-refractivity contribution in [3.05, 3.63) is 35.7 Å². The monoisotopic (exact) mass is 409 g/mol. The van der Waals surface area contributed by atoms with Crippen molar-refractivity contribution in [1.29, 1.82) is 5.26 Å². The van der Waals surface area contributed by atoms with Crippen molar-refractivity contribution in [3.8, 4) is 6.07 Å². The Morgan fingerprint density at radius 1 is 1.36 bits per heavy atom. The number of ether oxygens (including phenoxy) is 1. The summed E-state index contributed by atoms with van der Waals surface area (Å²) in [4.78, 5) is 15.2. The van der Waals surface area contributed by atoms with Crippen LogP contribution in [-0.2, 0) is 14.9 Å². The summed E-state index contributed by atoms with van der Waals surface area (Å²) in [6.07, 6.45) is 1.52. The fraction of sp³-hybridized carbons (Fsp3) is 0.444. The van der Waals surface area contributed by atoms with Gasteiger partial charge in [0.2, 0.25) is 0 Å². The molecule has 2 fully saturated rings. The van der Waals surface area contributed by atoms with Crippen LogP contribution in [0.1, 0.15) is 19.3 Å². The van der Waals surface area contributed by atoms with Gasteiger partial charge in [0, 0.05) is 25.6 Å². The number of piperidine rings is 1. The lowest BCUT2D eigenvalue weighted by molar-refractivity contribution is 0.139. The van der Waals surface area contributed by atoms with Crippen LogP contribution in [0, 0.1) is 17.1 Å². The molecule has 1 aromatic carbocycles. The van der Waals surface area contributed by atoms with E-state index in [0.29, 0.717) is 37.3 Å². The largest absolute Gasteiger partial charge is 0.444 e. The standard InChI is InChI=1S/C18H20FN3O5S/c19-16-11-14(22-12-15(27-18(22)23)6-10-28(24,25)26)1-2-17(16)21-8-4-13(3-7-20)5-9-21/h1-3,11,15H,4-6,8-10,12H2,(H,24,25,26)/t15-/m1/s1. The SMILES string of the molecule is N#CC=C1CCN(c2ccc(N3C[C@@H](CCS(=O)(=O)O)OC3=O)cc2F)CC1. The molecule has 0 unspecified atom stereocenters. The molecule has 28 heavy (non-hydrogen) atoms. The van der Waals surface area contributed by atoms with Crippen LogP contribution in [-0.4, -0.2) is 50.6 Å². The van der Waals surface area contributed by atoms with E-state index in [4.69, 9.17) is 14.6 Å². The van der Waals surface area contributed by atoms with Crippen LogP contribution < -0.4 is 9.80 Å². The van der Waals surface area contributed by atoms with E-state index in [9.17, 15) is 17.6 Å². The highest BCUT2D eigenvalue weighted by Gasteiger charge is 2.33. The predicted octanol–water partition coefficient (Wildman–Crippen LogP) is 2.48. The Balaban J connectivity index is 1.67. The third-order valence-corrected chi connectivity index (χ3v) is 5.58. The molecule has 10 heteroatoms. The Kier molecular flexibility index (Phi) is 5.86. The Morgan fingerprint density at radius 3 is 2.68 bits per heavy atom. The van der Waals surface area contributed by atoms with E-state index in [1.165, 1.54) is 17.0 Å². The van der Waals surface area contributed by atoms with Crippen molar-refractivity contribution in [1.82, 2.24) is 0 Å². The molecule has 1 atom stereocenters. The first-order chi connectivity index (χ1) is 13.3. The number of allylic oxidation sites excluding steroid dienone is 1. The quantitative estimate of drug-likeness (QED) is 0.587. The van der Waals surface area contributed by atoms with E-state index < -0.39 is 33.9 Å². The molecule has 0 radical (unpaired) electrons. The number of nitrogens with zero attached hydrogens (tertiary/aromatic N) is 3. The molecule has 0 aromatic heterocycles. The van der Waals surface area contributed by atoms with Gasteiger partial charge in [0.15, 0.2) is 0 Å². The van der Waals surface area contributed by atoms with Gasteiger partial charge in [0.05, 0.1) is 29.7 Å². The van der Waals surface area contributed by atoms with Crippen molar-refractivity contribution < 1.29 is 26.9 Å². The summed E-state index contributed by atoms with van der Waals surface area (Å²) in [6.45, 7) is 1.29. The van der Waals surface area contributed by atoms with E-state index in [1.807, 2.05) is 11.0 Å². The average molecular weight is 409 g/mol. The minimum atomic E-state index is -4.14. The van der Waals surface area contributed by atoms with Gasteiger partial charge >= 0.3 is 6.09 Å². The van der Waals surface area contributed by atoms with Crippen molar-refractivity contribution in [3.63, 3.8) is 0 Å². The second-order valence-corrected chi connectivity index (χ2v) is 8.32. The summed E-state index contributed by atoms with van der Waals surface area (Å²) in [6, 6.07) is 6.48. The molecule has 2 aliphatic rings. The van der Waals surface area contributed by atoms with Crippen LogP contribution in [0.5, 0.6) is 0 Å². The molecule has 8 nitrogen and oxygen atoms in total. The minimum absolute atomic E-state index is 0.0338. The maximum atomic E-state index is 14.7. The second kappa shape index (κ2) is 8.16. The predicted molar refractivity (Wildman–Crippen MR) is 100 cm³/mol. The Bertz CT molecular complexity index is 931. The number of rotatable bonds is 5. The Hall–Kier alpha value is -2.64. The van der Waals surface area contributed by atoms with E-state index >= 15 is 0 Å². The third-order valence-electron chi connectivity index (χ3n) is 4.83. The minimum Gasteiger partial charge on any atom is -0.444 e. The van der Waals surface area contributed by atoms with Crippen LogP contribution in [0.3, 0.4) is 0 Å². The lowest BCUT2D eigenvalue weighted by Crippen LogP contribution is -2.31. The number of anilines is 2. The maximum absolute atomic E-state index is 14.7. The zero-order chi connectivity index (χ0) is 20.3. The summed E-state index contributed by atoms with van der Waals surface area (Å²) in [5.41, 5.74) is 1.80. The summed E-state index contributed by atoms with van der Waals surface area (Å²) >= 11 is 0. The van der Waals surface area contributed by atoms with Gasteiger partial charge in [-0.3, -0.25) is 9.45 Å². The van der Waals surface area contributed by atoms with E-state index in [-0.39, 0.29) is 13.0 Å². The van der Waals surface area contributed by atoms with Crippen LogP contribution in [0.2, 0.25) is 0 Å². The zero-order valence-corrected chi connectivity index (χ0v) is 15.9. The highest BCUT2D eigenvalue weighted by Crippen LogP contribution is 2.30. The van der Waals surface area contributed by atoms with Crippen LogP contribution in [0.15, 0.2) is 29.8 Å². The number of halogens is 1. The topological polar surface area (TPSA) is 111 Å². The molecule has 0 aliphatic carbocycles. The molecule has 0 spiro atoms. The first kappa shape index (κ1) is 20.1. The Labute approximate surface area is 162 Å². The lowest BCUT2D eigenvalue weighted by atomic mass is 10.0. The molecular formula is C18H20FN3O5S. The van der Waals surface area contributed by atoms with Gasteiger partial charge in [-0.1, -0.05) is 5.57 Å². The molecule has 1 N–H and O–H groups in total. The number of hydrogen-bond acceptors (Lipinski definition) is 6. The van der Waals surface area contributed by atoms with E-state index in [2.05, 4.69) is 0 Å². The summed E-state index contributed by atoms with van der Waals surface area (Å²) in [5, 5.41) is 8.71. The molecule has 2 aliphatic heterocycles. The lowest BCUT2D eigenvalue weighted by Gasteiger charge is -2.30. The van der Waals surface area contributed by atoms with E-state index in [1.54, 1.807) is 12.1 Å². The molecule has 3 rings (SSSR count). The van der Waals surface area contributed by atoms with Crippen LogP contribution in [0.25, 0.3) is 0 Å². The van der Waals surface area contributed by atoms with Crippen LogP contribution >= 0.6 is 0 Å². The number of hydrogen-bond donors (Lipinski definition) is 1. The van der Waals surface area contributed by atoms with Crippen molar-refractivity contribution in [2.24, 2.45) is 0 Å². The van der Waals surface area contributed by atoms with Gasteiger partial charge in [-0.05, 0) is 31.0 Å². The Morgan fingerprint density at radius 2 is 2.07 bits per heavy atom. The zero-order valence-electron chi connectivity index (χ0n) is 15.0. The molecule has 1 amide bonds. The van der Waals surface area contributed by atoms with Crippen molar-refractivity contribution in [2.45, 2.75) is 25.4 Å². The highest BCUT2D eigenvalue weighted by atomic mass is 32.2. The van der Waals surface area contributed by atoms with E-state index in [0.717, 1.165) is 5.57 Å². The molecule has 0 bridgehead atoms. The summed E-state index contributed by atoms with van der Waals surface area (Å²) < 4.78 is 50.2. The average Bonchev–Trinajstić information content (AvgIpc) is 3.01. The summed E-state index contributed by atoms with van der Waals surface area (Å²) in [7, 11) is -4.14. The van der Waals surface area contributed by atoms with Crippen molar-refractivity contribution in [2.75, 3.05) is 35.2 Å². The van der Waals surface area contributed by atoms with Gasteiger partial charge < -0.3 is 9.64 Å². The summed E-state index contributed by atoms with van der Waals surface area (Å²) in [5.74, 6) is -0.983. The third kappa shape index (κ3) is 4.79. The van der Waals surface area contributed by atoms with Gasteiger partial charge in [-0.25, -0.2) is 9.18 Å². The first-order valence-corrected chi connectivity index (χ1v) is 10.4. The molecule has 2 heterocycles. The number of carbonyl (C=O) groups excluding carboxylic acids is 1. The number of nitriles is 1. The number of amides is 1. The number of benzene rings is 1. The maximum Gasteiger partial charge on any atom is 0.414 e. The fourth-order valence-electron chi connectivity index (χ4n) is 3.35. The molecule has 0 saturated carbocycles. The first-order valence-electron chi connectivity index (χ1n) is 8.82. The van der Waals surface area contributed by atoms with Gasteiger partial charge in [0.1, 0.15) is 11.9 Å². The molecular weight excluding hydrogens is 389 g/mol. The fourth-order valence-corrected chi connectivity index (χ4v) is 3.91. The molecule has 150 valence electrons.